The van der Waals surface area contributed by atoms with Crippen LogP contribution in [0.25, 0.3) is 0 Å². The number of carboxylic acids is 1. The molecule has 0 radical (unpaired) electrons. The van der Waals surface area contributed by atoms with Crippen molar-refractivity contribution >= 4 is 5.97 Å². The maximum absolute atomic E-state index is 13.7. The fourth-order valence-corrected chi connectivity index (χ4v) is 2.39. The summed E-state index contributed by atoms with van der Waals surface area (Å²) >= 11 is 0. The van der Waals surface area contributed by atoms with Crippen LogP contribution in [0.5, 0.6) is 0 Å². The molecular weight excluding hydrogens is 233 g/mol. The number of hydrogen-bond donors (Lipinski definition) is 1. The van der Waals surface area contributed by atoms with E-state index in [9.17, 15) is 14.3 Å². The zero-order chi connectivity index (χ0) is 13.3. The summed E-state index contributed by atoms with van der Waals surface area (Å²) in [4.78, 5) is 13.1. The number of carbonyl (C=O) groups is 1. The zero-order valence-corrected chi connectivity index (χ0v) is 10.6. The molecule has 0 aliphatic heterocycles. The molecule has 18 heavy (non-hydrogen) atoms. The van der Waals surface area contributed by atoms with Crippen LogP contribution in [-0.4, -0.2) is 29.1 Å². The van der Waals surface area contributed by atoms with E-state index in [1.807, 2.05) is 6.92 Å². The van der Waals surface area contributed by atoms with Gasteiger partial charge in [-0.1, -0.05) is 18.2 Å². The largest absolute Gasteiger partial charge is 0.480 e. The summed E-state index contributed by atoms with van der Waals surface area (Å²) < 4.78 is 13.7. The van der Waals surface area contributed by atoms with Crippen LogP contribution in [0.15, 0.2) is 24.3 Å². The Morgan fingerprint density at radius 1 is 1.44 bits per heavy atom. The van der Waals surface area contributed by atoms with Gasteiger partial charge >= 0.3 is 5.97 Å². The van der Waals surface area contributed by atoms with E-state index >= 15 is 0 Å². The molecule has 2 unspecified atom stereocenters. The molecular formula is C14H18FNO2. The maximum Gasteiger partial charge on any atom is 0.321 e. The van der Waals surface area contributed by atoms with Gasteiger partial charge in [0.05, 0.1) is 0 Å². The number of aliphatic carboxylic acids is 1. The number of nitrogens with zero attached hydrogens (tertiary/aromatic N) is 1. The monoisotopic (exact) mass is 251 g/mol. The molecule has 1 aliphatic carbocycles. The molecule has 1 aromatic carbocycles. The van der Waals surface area contributed by atoms with Gasteiger partial charge in [0.15, 0.2) is 0 Å². The first-order valence-electron chi connectivity index (χ1n) is 6.21. The van der Waals surface area contributed by atoms with Crippen LogP contribution in [0.1, 0.15) is 31.4 Å². The topological polar surface area (TPSA) is 40.5 Å². The standard InChI is InChI=1S/C14H18FNO2/c1-9(11-5-3-4-6-12(11)15)16(2)13(14(17)18)10-7-8-10/h3-6,9-10,13H,7-8H2,1-2H3,(H,17,18). The van der Waals surface area contributed by atoms with E-state index < -0.39 is 12.0 Å². The molecule has 0 heterocycles. The highest BCUT2D eigenvalue weighted by molar-refractivity contribution is 5.74. The highest BCUT2D eigenvalue weighted by Crippen LogP contribution is 2.38. The van der Waals surface area contributed by atoms with Gasteiger partial charge in [-0.05, 0) is 38.8 Å². The fraction of sp³-hybridized carbons (Fsp3) is 0.500. The molecule has 1 N–H and O–H groups in total. The van der Waals surface area contributed by atoms with Crippen molar-refractivity contribution in [3.63, 3.8) is 0 Å². The Bertz CT molecular complexity index is 445. The van der Waals surface area contributed by atoms with Crippen LogP contribution in [0.2, 0.25) is 0 Å². The predicted molar refractivity (Wildman–Crippen MR) is 66.7 cm³/mol. The van der Waals surface area contributed by atoms with Gasteiger partial charge in [-0.25, -0.2) is 4.39 Å². The SMILES string of the molecule is CC(c1ccccc1F)N(C)C(C(=O)O)C1CC1. The summed E-state index contributed by atoms with van der Waals surface area (Å²) in [5, 5.41) is 9.28. The minimum absolute atomic E-state index is 0.210. The quantitative estimate of drug-likeness (QED) is 0.874. The fourth-order valence-electron chi connectivity index (χ4n) is 2.39. The van der Waals surface area contributed by atoms with Crippen molar-refractivity contribution in [3.05, 3.63) is 35.6 Å². The molecule has 1 fully saturated rings. The van der Waals surface area contributed by atoms with Gasteiger partial charge in [0, 0.05) is 11.6 Å². The molecule has 1 saturated carbocycles. The molecule has 0 spiro atoms. The van der Waals surface area contributed by atoms with Crippen molar-refractivity contribution in [1.29, 1.82) is 0 Å². The Kier molecular flexibility index (Phi) is 3.66. The molecule has 0 aromatic heterocycles. The first-order chi connectivity index (χ1) is 8.52. The third-order valence-corrected chi connectivity index (χ3v) is 3.73. The summed E-state index contributed by atoms with van der Waals surface area (Å²) in [6.07, 6.45) is 1.90. The number of hydrogen-bond acceptors (Lipinski definition) is 2. The van der Waals surface area contributed by atoms with E-state index in [-0.39, 0.29) is 17.8 Å². The van der Waals surface area contributed by atoms with Crippen molar-refractivity contribution in [2.45, 2.75) is 31.8 Å². The van der Waals surface area contributed by atoms with Gasteiger partial charge in [-0.15, -0.1) is 0 Å². The molecule has 2 atom stereocenters. The van der Waals surface area contributed by atoms with Crippen LogP contribution in [0.3, 0.4) is 0 Å². The van der Waals surface area contributed by atoms with Crippen LogP contribution >= 0.6 is 0 Å². The van der Waals surface area contributed by atoms with Crippen molar-refractivity contribution in [2.75, 3.05) is 7.05 Å². The van der Waals surface area contributed by atoms with Gasteiger partial charge < -0.3 is 5.11 Å². The number of rotatable bonds is 5. The lowest BCUT2D eigenvalue weighted by molar-refractivity contribution is -0.144. The normalized spacial score (nSPS) is 18.7. The van der Waals surface area contributed by atoms with Crippen molar-refractivity contribution < 1.29 is 14.3 Å². The Morgan fingerprint density at radius 2 is 2.06 bits per heavy atom. The first kappa shape index (κ1) is 13.0. The number of carboxylic acid groups (broad SMARTS) is 1. The average Bonchev–Trinajstić information content (AvgIpc) is 3.13. The van der Waals surface area contributed by atoms with Crippen molar-refractivity contribution in [3.8, 4) is 0 Å². The van der Waals surface area contributed by atoms with Crippen molar-refractivity contribution in [2.24, 2.45) is 5.92 Å². The lowest BCUT2D eigenvalue weighted by Gasteiger charge is -2.31. The Morgan fingerprint density at radius 3 is 2.56 bits per heavy atom. The summed E-state index contributed by atoms with van der Waals surface area (Å²) in [5.74, 6) is -0.887. The third-order valence-electron chi connectivity index (χ3n) is 3.73. The minimum atomic E-state index is -0.816. The van der Waals surface area contributed by atoms with Crippen LogP contribution in [-0.2, 0) is 4.79 Å². The second-order valence-electron chi connectivity index (χ2n) is 4.98. The average molecular weight is 251 g/mol. The molecule has 98 valence electrons. The number of halogens is 1. The highest BCUT2D eigenvalue weighted by Gasteiger charge is 2.40. The molecule has 2 rings (SSSR count). The Balaban J connectivity index is 2.19. The van der Waals surface area contributed by atoms with Gasteiger partial charge in [-0.2, -0.15) is 0 Å². The van der Waals surface area contributed by atoms with Gasteiger partial charge in [-0.3, -0.25) is 9.69 Å². The summed E-state index contributed by atoms with van der Waals surface area (Å²) in [7, 11) is 1.76. The van der Waals surface area contributed by atoms with Crippen molar-refractivity contribution in [1.82, 2.24) is 4.90 Å². The number of likely N-dealkylation sites (N-methyl/N-ethyl adjacent to an activating group) is 1. The van der Waals surface area contributed by atoms with E-state index in [1.165, 1.54) is 6.07 Å². The summed E-state index contributed by atoms with van der Waals surface area (Å²) in [6, 6.07) is 5.78. The second kappa shape index (κ2) is 5.06. The van der Waals surface area contributed by atoms with Gasteiger partial charge in [0.2, 0.25) is 0 Å². The summed E-state index contributed by atoms with van der Waals surface area (Å²) in [6.45, 7) is 1.84. The molecule has 0 amide bonds. The molecule has 4 heteroatoms. The smallest absolute Gasteiger partial charge is 0.321 e. The van der Waals surface area contributed by atoms with Gasteiger partial charge in [0.1, 0.15) is 11.9 Å². The zero-order valence-electron chi connectivity index (χ0n) is 10.6. The Labute approximate surface area is 106 Å². The maximum atomic E-state index is 13.7. The lowest BCUT2D eigenvalue weighted by atomic mass is 10.0. The van der Waals surface area contributed by atoms with E-state index in [0.29, 0.717) is 5.56 Å². The third kappa shape index (κ3) is 2.53. The highest BCUT2D eigenvalue weighted by atomic mass is 19.1. The van der Waals surface area contributed by atoms with E-state index in [2.05, 4.69) is 0 Å². The molecule has 0 saturated heterocycles. The van der Waals surface area contributed by atoms with Crippen LogP contribution in [0, 0.1) is 11.7 Å². The van der Waals surface area contributed by atoms with Crippen LogP contribution < -0.4 is 0 Å². The second-order valence-corrected chi connectivity index (χ2v) is 4.98. The molecule has 3 nitrogen and oxygen atoms in total. The van der Waals surface area contributed by atoms with Gasteiger partial charge in [0.25, 0.3) is 0 Å². The van der Waals surface area contributed by atoms with E-state index in [1.54, 1.807) is 30.1 Å². The van der Waals surface area contributed by atoms with E-state index in [0.717, 1.165) is 12.8 Å². The molecule has 0 bridgehead atoms. The Hall–Kier alpha value is -1.42. The summed E-state index contributed by atoms with van der Waals surface area (Å²) in [5.41, 5.74) is 0.548. The minimum Gasteiger partial charge on any atom is -0.480 e. The van der Waals surface area contributed by atoms with Crippen LogP contribution in [0.4, 0.5) is 4.39 Å². The predicted octanol–water partition coefficient (Wildman–Crippen LogP) is 2.68. The molecule has 1 aliphatic rings. The number of benzene rings is 1. The molecule has 1 aromatic rings. The lowest BCUT2D eigenvalue weighted by Crippen LogP contribution is -2.41. The van der Waals surface area contributed by atoms with E-state index in [4.69, 9.17) is 0 Å². The first-order valence-corrected chi connectivity index (χ1v) is 6.21.